The van der Waals surface area contributed by atoms with Gasteiger partial charge in [0.05, 0.1) is 7.11 Å². The van der Waals surface area contributed by atoms with Gasteiger partial charge in [0.15, 0.2) is 0 Å². The number of nitrogens with two attached hydrogens (primary N) is 1. The molecule has 1 amide bonds. The van der Waals surface area contributed by atoms with Crippen LogP contribution in [0.3, 0.4) is 0 Å². The van der Waals surface area contributed by atoms with Gasteiger partial charge in [0.25, 0.3) is 5.91 Å². The van der Waals surface area contributed by atoms with E-state index in [0.29, 0.717) is 11.3 Å². The van der Waals surface area contributed by atoms with Gasteiger partial charge < -0.3 is 10.1 Å². The summed E-state index contributed by atoms with van der Waals surface area (Å²) in [6.45, 7) is 0. The van der Waals surface area contributed by atoms with Gasteiger partial charge >= 0.3 is 0 Å². The predicted molar refractivity (Wildman–Crippen MR) is 90.5 cm³/mol. The number of sulfonamides is 1. The van der Waals surface area contributed by atoms with Gasteiger partial charge in [-0.05, 0) is 42.7 Å². The average molecular weight is 352 g/mol. The van der Waals surface area contributed by atoms with Gasteiger partial charge in [-0.2, -0.15) is 0 Å². The number of nitrogens with one attached hydrogen (secondary N) is 1. The Labute approximate surface area is 139 Å². The molecule has 0 atom stereocenters. The molecule has 0 unspecified atom stereocenters. The van der Waals surface area contributed by atoms with Gasteiger partial charge in [-0.1, -0.05) is 0 Å². The maximum atomic E-state index is 12.2. The van der Waals surface area contributed by atoms with Crippen LogP contribution < -0.4 is 15.2 Å². The molecule has 0 bridgehead atoms. The third kappa shape index (κ3) is 4.25. The van der Waals surface area contributed by atoms with Crippen LogP contribution in [0.4, 0.5) is 5.69 Å². The molecule has 0 aromatic heterocycles. The molecule has 0 heterocycles. The Bertz CT molecular complexity index is 818. The highest BCUT2D eigenvalue weighted by Crippen LogP contribution is 2.26. The van der Waals surface area contributed by atoms with Gasteiger partial charge in [0.1, 0.15) is 10.6 Å². The van der Waals surface area contributed by atoms with Gasteiger partial charge in [-0.3, -0.25) is 4.79 Å². The second kappa shape index (κ2) is 7.03. The molecular weight excluding hydrogens is 336 g/mol. The van der Waals surface area contributed by atoms with Crippen molar-refractivity contribution in [1.82, 2.24) is 0 Å². The van der Waals surface area contributed by atoms with E-state index < -0.39 is 10.0 Å². The minimum absolute atomic E-state index is 0.0723. The molecule has 0 saturated heterocycles. The fourth-order valence-corrected chi connectivity index (χ4v) is 3.01. The zero-order chi connectivity index (χ0) is 17.0. The number of anilines is 1. The summed E-state index contributed by atoms with van der Waals surface area (Å²) in [5.41, 5.74) is 0.908. The smallest absolute Gasteiger partial charge is 0.255 e. The highest BCUT2D eigenvalue weighted by atomic mass is 32.2. The molecular formula is C15H16N2O4S2. The van der Waals surface area contributed by atoms with Gasteiger partial charge in [0, 0.05) is 22.2 Å². The zero-order valence-corrected chi connectivity index (χ0v) is 14.2. The van der Waals surface area contributed by atoms with E-state index in [1.165, 1.54) is 25.3 Å². The molecule has 3 N–H and O–H groups in total. The van der Waals surface area contributed by atoms with Crippen molar-refractivity contribution in [2.24, 2.45) is 5.14 Å². The molecule has 6 nitrogen and oxygen atoms in total. The molecule has 0 aliphatic rings. The summed E-state index contributed by atoms with van der Waals surface area (Å²) in [6.07, 6.45) is 1.95. The molecule has 8 heteroatoms. The summed E-state index contributed by atoms with van der Waals surface area (Å²) < 4.78 is 27.9. The number of benzene rings is 2. The van der Waals surface area contributed by atoms with Crippen molar-refractivity contribution < 1.29 is 17.9 Å². The number of ether oxygens (including phenoxy) is 1. The van der Waals surface area contributed by atoms with E-state index in [9.17, 15) is 13.2 Å². The maximum Gasteiger partial charge on any atom is 0.255 e. The SMILES string of the molecule is COc1cc(NC(=O)c2ccc(SC)cc2)ccc1S(N)(=O)=O. The van der Waals surface area contributed by atoms with Crippen LogP contribution in [0, 0.1) is 0 Å². The van der Waals surface area contributed by atoms with Gasteiger partial charge in [-0.25, -0.2) is 13.6 Å². The monoisotopic (exact) mass is 352 g/mol. The molecule has 2 rings (SSSR count). The summed E-state index contributed by atoms with van der Waals surface area (Å²) in [4.78, 5) is 13.1. The van der Waals surface area contributed by atoms with Crippen molar-refractivity contribution in [2.45, 2.75) is 9.79 Å². The summed E-state index contributed by atoms with van der Waals surface area (Å²) in [5.74, 6) is -0.230. The Morgan fingerprint density at radius 1 is 1.17 bits per heavy atom. The number of thioether (sulfide) groups is 1. The topological polar surface area (TPSA) is 98.5 Å². The lowest BCUT2D eigenvalue weighted by Gasteiger charge is -2.10. The standard InChI is InChI=1S/C15H16N2O4S2/c1-21-13-9-11(5-8-14(13)23(16,19)20)17-15(18)10-3-6-12(22-2)7-4-10/h3-9H,1-2H3,(H,17,18)(H2,16,19,20). The lowest BCUT2D eigenvalue weighted by atomic mass is 10.2. The Morgan fingerprint density at radius 2 is 1.83 bits per heavy atom. The third-order valence-corrected chi connectivity index (χ3v) is 4.77. The number of hydrogen-bond donors (Lipinski definition) is 2. The van der Waals surface area contributed by atoms with Crippen LogP contribution in [-0.4, -0.2) is 27.7 Å². The molecule has 0 radical (unpaired) electrons. The van der Waals surface area contributed by atoms with Crippen LogP contribution in [0.2, 0.25) is 0 Å². The summed E-state index contributed by atoms with van der Waals surface area (Å²) in [5, 5.41) is 7.79. The van der Waals surface area contributed by atoms with Gasteiger partial charge in [-0.15, -0.1) is 11.8 Å². The van der Waals surface area contributed by atoms with Crippen LogP contribution in [0.5, 0.6) is 5.75 Å². The quantitative estimate of drug-likeness (QED) is 0.805. The Hall–Kier alpha value is -2.03. The van der Waals surface area contributed by atoms with Crippen molar-refractivity contribution in [3.63, 3.8) is 0 Å². The number of carbonyl (C=O) groups is 1. The number of primary sulfonamides is 1. The first kappa shape index (κ1) is 17.3. The zero-order valence-electron chi connectivity index (χ0n) is 12.6. The third-order valence-electron chi connectivity index (χ3n) is 3.08. The first-order valence-electron chi connectivity index (χ1n) is 6.51. The van der Waals surface area contributed by atoms with E-state index in [0.717, 1.165) is 4.90 Å². The average Bonchev–Trinajstić information content (AvgIpc) is 2.53. The van der Waals surface area contributed by atoms with E-state index in [1.807, 2.05) is 18.4 Å². The molecule has 0 saturated carbocycles. The Kier molecular flexibility index (Phi) is 5.30. The molecule has 0 fully saturated rings. The normalized spacial score (nSPS) is 11.1. The summed E-state index contributed by atoms with van der Waals surface area (Å²) in [7, 11) is -2.56. The number of carbonyl (C=O) groups excluding carboxylic acids is 1. The molecule has 2 aromatic carbocycles. The van der Waals surface area contributed by atoms with Crippen LogP contribution >= 0.6 is 11.8 Å². The lowest BCUT2D eigenvalue weighted by Crippen LogP contribution is -2.15. The van der Waals surface area contributed by atoms with Crippen LogP contribution in [-0.2, 0) is 10.0 Å². The first-order chi connectivity index (χ1) is 10.8. The second-order valence-corrected chi connectivity index (χ2v) is 7.00. The summed E-state index contributed by atoms with van der Waals surface area (Å²) >= 11 is 1.59. The molecule has 23 heavy (non-hydrogen) atoms. The Balaban J connectivity index is 2.24. The van der Waals surface area contributed by atoms with E-state index in [4.69, 9.17) is 9.88 Å². The minimum Gasteiger partial charge on any atom is -0.495 e. The number of amides is 1. The van der Waals surface area contributed by atoms with Gasteiger partial charge in [0.2, 0.25) is 10.0 Å². The van der Waals surface area contributed by atoms with Crippen molar-refractivity contribution in [1.29, 1.82) is 0 Å². The van der Waals surface area contributed by atoms with E-state index in [-0.39, 0.29) is 16.6 Å². The predicted octanol–water partition coefficient (Wildman–Crippen LogP) is 2.32. The molecule has 0 aliphatic carbocycles. The Morgan fingerprint density at radius 3 is 2.35 bits per heavy atom. The lowest BCUT2D eigenvalue weighted by molar-refractivity contribution is 0.102. The molecule has 122 valence electrons. The second-order valence-electron chi connectivity index (χ2n) is 4.59. The summed E-state index contributed by atoms with van der Waals surface area (Å²) in [6, 6.07) is 11.3. The minimum atomic E-state index is -3.89. The van der Waals surface area contributed by atoms with Crippen molar-refractivity contribution in [3.8, 4) is 5.75 Å². The van der Waals surface area contributed by atoms with Crippen molar-refractivity contribution >= 4 is 33.4 Å². The highest BCUT2D eigenvalue weighted by molar-refractivity contribution is 7.98. The number of methoxy groups -OCH3 is 1. The number of hydrogen-bond acceptors (Lipinski definition) is 5. The van der Waals surface area contributed by atoms with Crippen molar-refractivity contribution in [2.75, 3.05) is 18.7 Å². The molecule has 0 spiro atoms. The largest absolute Gasteiger partial charge is 0.495 e. The van der Waals surface area contributed by atoms with Crippen LogP contribution in [0.15, 0.2) is 52.3 Å². The first-order valence-corrected chi connectivity index (χ1v) is 9.28. The van der Waals surface area contributed by atoms with Crippen LogP contribution in [0.25, 0.3) is 0 Å². The van der Waals surface area contributed by atoms with E-state index in [1.54, 1.807) is 23.9 Å². The van der Waals surface area contributed by atoms with Crippen LogP contribution in [0.1, 0.15) is 10.4 Å². The molecule has 2 aromatic rings. The maximum absolute atomic E-state index is 12.2. The fourth-order valence-electron chi connectivity index (χ4n) is 1.93. The van der Waals surface area contributed by atoms with E-state index in [2.05, 4.69) is 5.32 Å². The molecule has 0 aliphatic heterocycles. The van der Waals surface area contributed by atoms with E-state index >= 15 is 0 Å². The van der Waals surface area contributed by atoms with Crippen molar-refractivity contribution in [3.05, 3.63) is 48.0 Å². The fraction of sp³-hybridized carbons (Fsp3) is 0.133. The highest BCUT2D eigenvalue weighted by Gasteiger charge is 2.16. The number of rotatable bonds is 5.